The zero-order chi connectivity index (χ0) is 25.9. The second kappa shape index (κ2) is 8.57. The predicted octanol–water partition coefficient (Wildman–Crippen LogP) is 5.59. The zero-order valence-corrected chi connectivity index (χ0v) is 19.3. The van der Waals surface area contributed by atoms with Gasteiger partial charge in [-0.15, -0.1) is 0 Å². The number of benzene rings is 2. The number of amides is 1. The lowest BCUT2D eigenvalue weighted by Crippen LogP contribution is -2.20. The van der Waals surface area contributed by atoms with Crippen molar-refractivity contribution in [1.29, 1.82) is 0 Å². The number of ketones is 1. The van der Waals surface area contributed by atoms with E-state index < -0.39 is 17.6 Å². The van der Waals surface area contributed by atoms with Crippen molar-refractivity contribution < 1.29 is 36.6 Å². The van der Waals surface area contributed by atoms with Crippen LogP contribution >= 0.6 is 0 Å². The normalized spacial score (nSPS) is 21.3. The van der Waals surface area contributed by atoms with E-state index in [1.165, 1.54) is 0 Å². The number of Topliss-reactive ketones (excluding diaryl/α,β-unsaturated/α-hetero) is 1. The lowest BCUT2D eigenvalue weighted by molar-refractivity contribution is -0.137. The van der Waals surface area contributed by atoms with Gasteiger partial charge in [0, 0.05) is 48.4 Å². The third-order valence-corrected chi connectivity index (χ3v) is 7.03. The van der Waals surface area contributed by atoms with Crippen LogP contribution in [-0.2, 0) is 28.6 Å². The van der Waals surface area contributed by atoms with E-state index in [0.717, 1.165) is 23.3 Å². The molecule has 0 spiro atoms. The average Bonchev–Trinajstić information content (AvgIpc) is 3.35. The summed E-state index contributed by atoms with van der Waals surface area (Å²) in [5, 5.41) is 2.74. The maximum absolute atomic E-state index is 14.2. The zero-order valence-electron chi connectivity index (χ0n) is 19.3. The fourth-order valence-electron chi connectivity index (χ4n) is 5.15. The van der Waals surface area contributed by atoms with Gasteiger partial charge < -0.3 is 14.8 Å². The summed E-state index contributed by atoms with van der Waals surface area (Å²) in [5.41, 5.74) is 0.593. The number of anilines is 1. The topological polar surface area (TPSA) is 77.5 Å². The monoisotopic (exact) mass is 512 g/mol. The molecule has 1 fully saturated rings. The first kappa shape index (κ1) is 23.4. The van der Waals surface area contributed by atoms with Gasteiger partial charge in [0.2, 0.25) is 5.91 Å². The second-order valence-electron chi connectivity index (χ2n) is 9.48. The van der Waals surface area contributed by atoms with Crippen molar-refractivity contribution in [2.24, 2.45) is 5.92 Å². The SMILES string of the molecule is O=C(Cc1ccc(C(F)(F)F)cc1F)C[C@@H]1[C@H]2Oc3ccc(Oc4ccnc5c4CCC(=O)N5)cc3[C@@H]12. The number of hydrogen-bond donors (Lipinski definition) is 1. The Kier molecular flexibility index (Phi) is 5.43. The Bertz CT molecular complexity index is 1440. The highest BCUT2D eigenvalue weighted by Crippen LogP contribution is 2.60. The minimum atomic E-state index is -4.64. The number of aromatic nitrogens is 1. The van der Waals surface area contributed by atoms with Gasteiger partial charge in [-0.3, -0.25) is 9.59 Å². The van der Waals surface area contributed by atoms with Gasteiger partial charge >= 0.3 is 6.18 Å². The van der Waals surface area contributed by atoms with Gasteiger partial charge in [0.1, 0.15) is 40.8 Å². The average molecular weight is 512 g/mol. The van der Waals surface area contributed by atoms with Crippen LogP contribution in [0, 0.1) is 11.7 Å². The van der Waals surface area contributed by atoms with E-state index in [4.69, 9.17) is 9.47 Å². The van der Waals surface area contributed by atoms with Crippen molar-refractivity contribution >= 4 is 17.5 Å². The number of carbonyl (C=O) groups is 2. The first-order valence-corrected chi connectivity index (χ1v) is 11.8. The van der Waals surface area contributed by atoms with Gasteiger partial charge in [-0.25, -0.2) is 9.37 Å². The third-order valence-electron chi connectivity index (χ3n) is 7.03. The largest absolute Gasteiger partial charge is 0.489 e. The maximum Gasteiger partial charge on any atom is 0.416 e. The molecule has 0 saturated heterocycles. The standard InChI is InChI=1S/C27H20F4N2O4/c28-20-10-14(27(29,30)31)2-1-13(20)9-15(34)11-19-24-18-12-16(3-5-21(18)37-25(19)24)36-22-7-8-32-26-17(22)4-6-23(35)33-26/h1-3,5,7-8,10,12,19,24-25H,4,6,9,11H2,(H,32,33,35)/t19-,24-,25+/m0/s1. The molecule has 6 nitrogen and oxygen atoms in total. The lowest BCUT2D eigenvalue weighted by Gasteiger charge is -2.19. The van der Waals surface area contributed by atoms with Crippen LogP contribution < -0.4 is 14.8 Å². The number of carbonyl (C=O) groups excluding carboxylic acids is 2. The molecule has 37 heavy (non-hydrogen) atoms. The number of alkyl halides is 3. The van der Waals surface area contributed by atoms with Crippen molar-refractivity contribution in [3.63, 3.8) is 0 Å². The Labute approximate surface area is 208 Å². The predicted molar refractivity (Wildman–Crippen MR) is 123 cm³/mol. The van der Waals surface area contributed by atoms with E-state index in [1.807, 2.05) is 12.1 Å². The van der Waals surface area contributed by atoms with Crippen molar-refractivity contribution in [1.82, 2.24) is 4.98 Å². The maximum atomic E-state index is 14.2. The summed E-state index contributed by atoms with van der Waals surface area (Å²) >= 11 is 0. The van der Waals surface area contributed by atoms with Crippen LogP contribution in [0.15, 0.2) is 48.7 Å². The van der Waals surface area contributed by atoms with Crippen LogP contribution in [0.1, 0.15) is 41.0 Å². The third kappa shape index (κ3) is 4.41. The summed E-state index contributed by atoms with van der Waals surface area (Å²) in [6, 6.07) is 9.42. The molecule has 6 rings (SSSR count). The van der Waals surface area contributed by atoms with E-state index in [-0.39, 0.29) is 48.0 Å². The van der Waals surface area contributed by atoms with Gasteiger partial charge in [-0.1, -0.05) is 6.07 Å². The smallest absolute Gasteiger partial charge is 0.416 e. The Hall–Kier alpha value is -3.95. The molecule has 0 bridgehead atoms. The summed E-state index contributed by atoms with van der Waals surface area (Å²) in [5.74, 6) is 0.892. The molecule has 1 amide bonds. The molecule has 1 aromatic heterocycles. The van der Waals surface area contributed by atoms with E-state index in [2.05, 4.69) is 10.3 Å². The van der Waals surface area contributed by atoms with E-state index in [9.17, 15) is 27.2 Å². The summed E-state index contributed by atoms with van der Waals surface area (Å²) in [7, 11) is 0. The molecule has 190 valence electrons. The molecule has 3 atom stereocenters. The Morgan fingerprint density at radius 1 is 1.14 bits per heavy atom. The summed E-state index contributed by atoms with van der Waals surface area (Å²) in [6.45, 7) is 0. The lowest BCUT2D eigenvalue weighted by atomic mass is 10.0. The van der Waals surface area contributed by atoms with Gasteiger partial charge in [-0.05, 0) is 48.4 Å². The molecule has 2 aliphatic heterocycles. The Morgan fingerprint density at radius 2 is 1.97 bits per heavy atom. The van der Waals surface area contributed by atoms with Crippen molar-refractivity contribution in [2.45, 2.75) is 43.9 Å². The molecule has 10 heteroatoms. The molecule has 2 aromatic carbocycles. The number of pyridine rings is 1. The minimum Gasteiger partial charge on any atom is -0.489 e. The highest BCUT2D eigenvalue weighted by molar-refractivity contribution is 5.93. The van der Waals surface area contributed by atoms with Crippen LogP contribution in [0.2, 0.25) is 0 Å². The molecule has 0 unspecified atom stereocenters. The van der Waals surface area contributed by atoms with Gasteiger partial charge in [0.25, 0.3) is 0 Å². The summed E-state index contributed by atoms with van der Waals surface area (Å²) < 4.78 is 64.5. The van der Waals surface area contributed by atoms with Crippen LogP contribution in [0.3, 0.4) is 0 Å². The highest BCUT2D eigenvalue weighted by Gasteiger charge is 2.59. The molecule has 3 aromatic rings. The molecule has 0 radical (unpaired) electrons. The summed E-state index contributed by atoms with van der Waals surface area (Å²) in [6.07, 6.45) is -2.52. The number of rotatable bonds is 6. The highest BCUT2D eigenvalue weighted by atomic mass is 19.4. The molecule has 3 heterocycles. The quantitative estimate of drug-likeness (QED) is 0.436. The number of nitrogens with one attached hydrogen (secondary N) is 1. The molecular weight excluding hydrogens is 492 g/mol. The minimum absolute atomic E-state index is 0.00871. The fraction of sp³-hybridized carbons (Fsp3) is 0.296. The Balaban J connectivity index is 1.12. The Morgan fingerprint density at radius 3 is 2.76 bits per heavy atom. The van der Waals surface area contributed by atoms with Crippen LogP contribution in [0.4, 0.5) is 23.4 Å². The fourth-order valence-corrected chi connectivity index (χ4v) is 5.15. The molecular formula is C27H20F4N2O4. The van der Waals surface area contributed by atoms with Crippen molar-refractivity contribution in [2.75, 3.05) is 5.32 Å². The number of hydrogen-bond acceptors (Lipinski definition) is 5. The molecule has 1 saturated carbocycles. The first-order valence-electron chi connectivity index (χ1n) is 11.8. The van der Waals surface area contributed by atoms with E-state index >= 15 is 0 Å². The number of fused-ring (bicyclic) bond motifs is 4. The number of ether oxygens (including phenoxy) is 2. The van der Waals surface area contributed by atoms with Crippen LogP contribution in [0.25, 0.3) is 0 Å². The summed E-state index contributed by atoms with van der Waals surface area (Å²) in [4.78, 5) is 28.5. The molecule has 3 aliphatic rings. The van der Waals surface area contributed by atoms with Crippen molar-refractivity contribution in [3.05, 3.63) is 76.7 Å². The number of halogens is 4. The molecule has 1 aliphatic carbocycles. The number of nitrogens with zero attached hydrogens (tertiary/aromatic N) is 1. The van der Waals surface area contributed by atoms with Gasteiger partial charge in [0.05, 0.1) is 5.56 Å². The van der Waals surface area contributed by atoms with Crippen LogP contribution in [-0.4, -0.2) is 22.8 Å². The van der Waals surface area contributed by atoms with E-state index in [0.29, 0.717) is 42.0 Å². The van der Waals surface area contributed by atoms with Crippen molar-refractivity contribution in [3.8, 4) is 17.2 Å². The second-order valence-corrected chi connectivity index (χ2v) is 9.48. The molecule has 1 N–H and O–H groups in total. The van der Waals surface area contributed by atoms with Crippen LogP contribution in [0.5, 0.6) is 17.2 Å². The van der Waals surface area contributed by atoms with Gasteiger partial charge in [0.15, 0.2) is 0 Å². The van der Waals surface area contributed by atoms with E-state index in [1.54, 1.807) is 18.3 Å². The van der Waals surface area contributed by atoms with Gasteiger partial charge in [-0.2, -0.15) is 13.2 Å². The first-order chi connectivity index (χ1) is 17.7.